The highest BCUT2D eigenvalue weighted by Gasteiger charge is 2.11. The standard InChI is InChI=1S/C11H16FN/c1-2-5-9(8-13)10-6-3-4-7-11(10)12/h3-4,6-7,9H,2,5,8,13H2,1H3. The van der Waals surface area contributed by atoms with Crippen LogP contribution in [0.25, 0.3) is 0 Å². The highest BCUT2D eigenvalue weighted by Crippen LogP contribution is 2.22. The van der Waals surface area contributed by atoms with E-state index in [0.717, 1.165) is 18.4 Å². The molecule has 72 valence electrons. The lowest BCUT2D eigenvalue weighted by Gasteiger charge is -2.14. The van der Waals surface area contributed by atoms with Crippen LogP contribution in [0.4, 0.5) is 4.39 Å². The normalized spacial score (nSPS) is 12.8. The molecule has 0 aromatic heterocycles. The van der Waals surface area contributed by atoms with Crippen LogP contribution < -0.4 is 5.73 Å². The van der Waals surface area contributed by atoms with Crippen LogP contribution in [0.2, 0.25) is 0 Å². The Morgan fingerprint density at radius 3 is 2.62 bits per heavy atom. The smallest absolute Gasteiger partial charge is 0.126 e. The molecule has 2 heteroatoms. The number of halogens is 1. The summed E-state index contributed by atoms with van der Waals surface area (Å²) in [6, 6.07) is 6.88. The van der Waals surface area contributed by atoms with Gasteiger partial charge >= 0.3 is 0 Å². The van der Waals surface area contributed by atoms with E-state index in [0.29, 0.717) is 6.54 Å². The Hall–Kier alpha value is -0.890. The number of hydrogen-bond acceptors (Lipinski definition) is 1. The molecule has 0 aliphatic heterocycles. The van der Waals surface area contributed by atoms with Crippen molar-refractivity contribution in [1.82, 2.24) is 0 Å². The van der Waals surface area contributed by atoms with Gasteiger partial charge in [-0.25, -0.2) is 4.39 Å². The van der Waals surface area contributed by atoms with Gasteiger partial charge in [-0.1, -0.05) is 31.5 Å². The monoisotopic (exact) mass is 181 g/mol. The highest BCUT2D eigenvalue weighted by atomic mass is 19.1. The van der Waals surface area contributed by atoms with E-state index in [9.17, 15) is 4.39 Å². The van der Waals surface area contributed by atoms with E-state index in [-0.39, 0.29) is 11.7 Å². The van der Waals surface area contributed by atoms with Crippen LogP contribution in [0.5, 0.6) is 0 Å². The van der Waals surface area contributed by atoms with Crippen LogP contribution in [0, 0.1) is 5.82 Å². The van der Waals surface area contributed by atoms with Gasteiger partial charge in [0, 0.05) is 0 Å². The Kier molecular flexibility index (Phi) is 3.90. The summed E-state index contributed by atoms with van der Waals surface area (Å²) in [6.07, 6.45) is 1.99. The van der Waals surface area contributed by atoms with Crippen molar-refractivity contribution in [1.29, 1.82) is 0 Å². The van der Waals surface area contributed by atoms with E-state index < -0.39 is 0 Å². The Morgan fingerprint density at radius 1 is 1.38 bits per heavy atom. The van der Waals surface area contributed by atoms with Gasteiger partial charge in [-0.2, -0.15) is 0 Å². The molecule has 1 unspecified atom stereocenters. The predicted octanol–water partition coefficient (Wildman–Crippen LogP) is 2.67. The van der Waals surface area contributed by atoms with Crippen LogP contribution in [0.15, 0.2) is 24.3 Å². The second-order valence-corrected chi connectivity index (χ2v) is 3.24. The molecule has 0 saturated heterocycles. The van der Waals surface area contributed by atoms with Crippen LogP contribution >= 0.6 is 0 Å². The largest absolute Gasteiger partial charge is 0.330 e. The van der Waals surface area contributed by atoms with E-state index >= 15 is 0 Å². The van der Waals surface area contributed by atoms with E-state index in [4.69, 9.17) is 5.73 Å². The number of benzene rings is 1. The molecule has 0 radical (unpaired) electrons. The molecular formula is C11H16FN. The van der Waals surface area contributed by atoms with Gasteiger partial charge in [-0.15, -0.1) is 0 Å². The van der Waals surface area contributed by atoms with Gasteiger partial charge < -0.3 is 5.73 Å². The van der Waals surface area contributed by atoms with Gasteiger partial charge in [0.1, 0.15) is 5.82 Å². The van der Waals surface area contributed by atoms with Crippen molar-refractivity contribution in [3.8, 4) is 0 Å². The summed E-state index contributed by atoms with van der Waals surface area (Å²) < 4.78 is 13.3. The van der Waals surface area contributed by atoms with Crippen LogP contribution in [-0.4, -0.2) is 6.54 Å². The molecule has 0 heterocycles. The molecule has 0 aliphatic carbocycles. The van der Waals surface area contributed by atoms with Crippen LogP contribution in [0.3, 0.4) is 0 Å². The van der Waals surface area contributed by atoms with Gasteiger partial charge in [0.15, 0.2) is 0 Å². The SMILES string of the molecule is CCCC(CN)c1ccccc1F. The van der Waals surface area contributed by atoms with Crippen molar-refractivity contribution < 1.29 is 4.39 Å². The first kappa shape index (κ1) is 10.2. The summed E-state index contributed by atoms with van der Waals surface area (Å²) in [5.41, 5.74) is 6.35. The Morgan fingerprint density at radius 2 is 2.08 bits per heavy atom. The summed E-state index contributed by atoms with van der Waals surface area (Å²) in [6.45, 7) is 2.61. The molecule has 0 bridgehead atoms. The molecule has 0 saturated carbocycles. The van der Waals surface area contributed by atoms with Gasteiger partial charge in [0.25, 0.3) is 0 Å². The molecular weight excluding hydrogens is 165 g/mol. The molecule has 1 aromatic carbocycles. The molecule has 1 rings (SSSR count). The first-order valence-electron chi connectivity index (χ1n) is 4.74. The first-order valence-corrected chi connectivity index (χ1v) is 4.74. The molecule has 0 fully saturated rings. The average Bonchev–Trinajstić information content (AvgIpc) is 2.16. The third-order valence-corrected chi connectivity index (χ3v) is 2.27. The van der Waals surface area contributed by atoms with Crippen molar-refractivity contribution in [3.05, 3.63) is 35.6 Å². The fourth-order valence-electron chi connectivity index (χ4n) is 1.55. The molecule has 1 nitrogen and oxygen atoms in total. The third-order valence-electron chi connectivity index (χ3n) is 2.27. The lowest BCUT2D eigenvalue weighted by Crippen LogP contribution is -2.13. The molecule has 1 aromatic rings. The second kappa shape index (κ2) is 4.97. The molecule has 2 N–H and O–H groups in total. The van der Waals surface area contributed by atoms with Gasteiger partial charge in [-0.05, 0) is 30.5 Å². The maximum absolute atomic E-state index is 13.3. The Balaban J connectivity index is 2.84. The van der Waals surface area contributed by atoms with Gasteiger partial charge in [0.05, 0.1) is 0 Å². The van der Waals surface area contributed by atoms with E-state index in [1.54, 1.807) is 6.07 Å². The molecule has 0 aliphatic rings. The predicted molar refractivity (Wildman–Crippen MR) is 53.1 cm³/mol. The van der Waals surface area contributed by atoms with Crippen LogP contribution in [0.1, 0.15) is 31.2 Å². The topological polar surface area (TPSA) is 26.0 Å². The lowest BCUT2D eigenvalue weighted by molar-refractivity contribution is 0.554. The summed E-state index contributed by atoms with van der Waals surface area (Å²) in [7, 11) is 0. The number of nitrogens with two attached hydrogens (primary N) is 1. The maximum atomic E-state index is 13.3. The second-order valence-electron chi connectivity index (χ2n) is 3.24. The van der Waals surface area contributed by atoms with Crippen molar-refractivity contribution in [2.75, 3.05) is 6.54 Å². The number of hydrogen-bond donors (Lipinski definition) is 1. The van der Waals surface area contributed by atoms with Gasteiger partial charge in [0.2, 0.25) is 0 Å². The first-order chi connectivity index (χ1) is 6.29. The zero-order chi connectivity index (χ0) is 9.68. The maximum Gasteiger partial charge on any atom is 0.126 e. The zero-order valence-corrected chi connectivity index (χ0v) is 7.96. The van der Waals surface area contributed by atoms with E-state index in [2.05, 4.69) is 6.92 Å². The Bertz CT molecular complexity index is 260. The zero-order valence-electron chi connectivity index (χ0n) is 7.96. The van der Waals surface area contributed by atoms with Crippen molar-refractivity contribution in [2.45, 2.75) is 25.7 Å². The molecule has 0 amide bonds. The molecule has 0 spiro atoms. The van der Waals surface area contributed by atoms with Gasteiger partial charge in [-0.3, -0.25) is 0 Å². The minimum atomic E-state index is -0.133. The van der Waals surface area contributed by atoms with Crippen molar-refractivity contribution in [2.24, 2.45) is 5.73 Å². The average molecular weight is 181 g/mol. The fourth-order valence-corrected chi connectivity index (χ4v) is 1.55. The Labute approximate surface area is 78.8 Å². The summed E-state index contributed by atoms with van der Waals surface area (Å²) in [5.74, 6) is 0.0394. The minimum absolute atomic E-state index is 0.133. The summed E-state index contributed by atoms with van der Waals surface area (Å²) in [4.78, 5) is 0. The lowest BCUT2D eigenvalue weighted by atomic mass is 9.94. The summed E-state index contributed by atoms with van der Waals surface area (Å²) >= 11 is 0. The van der Waals surface area contributed by atoms with E-state index in [1.165, 1.54) is 6.07 Å². The van der Waals surface area contributed by atoms with Crippen molar-refractivity contribution >= 4 is 0 Å². The van der Waals surface area contributed by atoms with Crippen LogP contribution in [-0.2, 0) is 0 Å². The highest BCUT2D eigenvalue weighted by molar-refractivity contribution is 5.21. The quantitative estimate of drug-likeness (QED) is 0.759. The van der Waals surface area contributed by atoms with Crippen molar-refractivity contribution in [3.63, 3.8) is 0 Å². The minimum Gasteiger partial charge on any atom is -0.330 e. The van der Waals surface area contributed by atoms with E-state index in [1.807, 2.05) is 12.1 Å². The fraction of sp³-hybridized carbons (Fsp3) is 0.455. The molecule has 1 atom stereocenters. The third kappa shape index (κ3) is 2.52. The summed E-state index contributed by atoms with van der Waals surface area (Å²) in [5, 5.41) is 0. The number of rotatable bonds is 4. The molecule has 13 heavy (non-hydrogen) atoms.